The van der Waals surface area contributed by atoms with Crippen LogP contribution in [0.5, 0.6) is 0 Å². The van der Waals surface area contributed by atoms with Crippen molar-refractivity contribution in [3.05, 3.63) is 22.2 Å². The molecule has 0 unspecified atom stereocenters. The zero-order valence-corrected chi connectivity index (χ0v) is 8.83. The number of halogens is 1. The highest BCUT2D eigenvalue weighted by atomic mass is 79.9. The van der Waals surface area contributed by atoms with E-state index in [4.69, 9.17) is 0 Å². The number of hydrogen-bond acceptors (Lipinski definition) is 4. The van der Waals surface area contributed by atoms with Gasteiger partial charge in [-0.3, -0.25) is 0 Å². The summed E-state index contributed by atoms with van der Waals surface area (Å²) >= 11 is 3.21. The number of hydrogen-bond donors (Lipinski definition) is 0. The summed E-state index contributed by atoms with van der Waals surface area (Å²) in [5.41, 5.74) is 1.51. The molecule has 0 aliphatic heterocycles. The lowest BCUT2D eigenvalue weighted by Gasteiger charge is -2.02. The molecule has 0 amide bonds. The largest absolute Gasteiger partial charge is 0.240 e. The molecular weight excluding hydrogens is 248 g/mol. The number of nitrogens with zero attached hydrogens (tertiary/aromatic N) is 2. The van der Waals surface area contributed by atoms with Gasteiger partial charge in [0.1, 0.15) is 0 Å². The molecule has 0 aliphatic rings. The fourth-order valence-electron chi connectivity index (χ4n) is 0.981. The van der Waals surface area contributed by atoms with E-state index >= 15 is 0 Å². The second-order valence-corrected chi connectivity index (χ2v) is 3.39. The third-order valence-electron chi connectivity index (χ3n) is 1.65. The Labute approximate surface area is 88.5 Å². The van der Waals surface area contributed by atoms with Gasteiger partial charge in [0, 0.05) is 10.0 Å². The van der Waals surface area contributed by atoms with Gasteiger partial charge in [0.15, 0.2) is 0 Å². The van der Waals surface area contributed by atoms with Gasteiger partial charge >= 0.3 is 0 Å². The summed E-state index contributed by atoms with van der Waals surface area (Å²) in [6, 6.07) is 3.29. The highest BCUT2D eigenvalue weighted by molar-refractivity contribution is 9.10. The van der Waals surface area contributed by atoms with Gasteiger partial charge in [-0.2, -0.15) is 9.98 Å². The van der Waals surface area contributed by atoms with E-state index in [1.54, 1.807) is 19.1 Å². The first-order valence-corrected chi connectivity index (χ1v) is 4.44. The van der Waals surface area contributed by atoms with E-state index in [2.05, 4.69) is 25.9 Å². The summed E-state index contributed by atoms with van der Waals surface area (Å²) < 4.78 is 0.686. The minimum atomic E-state index is 0.434. The predicted octanol–water partition coefficient (Wildman–Crippen LogP) is 2.69. The molecule has 5 heteroatoms. The summed E-state index contributed by atoms with van der Waals surface area (Å²) in [4.78, 5) is 27.2. The van der Waals surface area contributed by atoms with Gasteiger partial charge in [0.25, 0.3) is 0 Å². The molecule has 1 rings (SSSR count). The van der Waals surface area contributed by atoms with E-state index in [-0.39, 0.29) is 0 Å². The molecule has 0 atom stereocenters. The molecule has 0 aliphatic carbocycles. The number of rotatable bonds is 2. The quantitative estimate of drug-likeness (QED) is 0.600. The molecule has 0 N–H and O–H groups in total. The number of aliphatic imine (C=N–C) groups is 2. The predicted molar refractivity (Wildman–Crippen MR) is 54.4 cm³/mol. The molecule has 70 valence electrons. The van der Waals surface area contributed by atoms with Gasteiger partial charge in [-0.25, -0.2) is 9.59 Å². The maximum absolute atomic E-state index is 10.1. The minimum absolute atomic E-state index is 0.434. The maximum atomic E-state index is 10.1. The van der Waals surface area contributed by atoms with Crippen molar-refractivity contribution in [2.45, 2.75) is 6.92 Å². The van der Waals surface area contributed by atoms with Crippen LogP contribution in [-0.2, 0) is 9.59 Å². The molecule has 0 heterocycles. The Morgan fingerprint density at radius 3 is 1.93 bits per heavy atom. The average Bonchev–Trinajstić information content (AvgIpc) is 2.14. The minimum Gasteiger partial charge on any atom is -0.211 e. The molecule has 4 nitrogen and oxygen atoms in total. The van der Waals surface area contributed by atoms with Gasteiger partial charge in [-0.15, -0.1) is 0 Å². The van der Waals surface area contributed by atoms with Crippen molar-refractivity contribution in [2.75, 3.05) is 0 Å². The van der Waals surface area contributed by atoms with Crippen molar-refractivity contribution in [1.82, 2.24) is 0 Å². The molecule has 0 spiro atoms. The van der Waals surface area contributed by atoms with Crippen molar-refractivity contribution in [3.8, 4) is 0 Å². The van der Waals surface area contributed by atoms with E-state index in [9.17, 15) is 9.59 Å². The van der Waals surface area contributed by atoms with Crippen molar-refractivity contribution >= 4 is 39.5 Å². The Kier molecular flexibility index (Phi) is 3.48. The molecule has 0 aromatic heterocycles. The van der Waals surface area contributed by atoms with Crippen LogP contribution >= 0.6 is 15.9 Å². The van der Waals surface area contributed by atoms with Crippen molar-refractivity contribution in [1.29, 1.82) is 0 Å². The standard InChI is InChI=1S/C9H5BrN2O2/c1-6-8(11-4-13)2-7(10)3-9(6)12-5-14/h2-3H,1H3. The number of carbonyl (C=O) groups excluding carboxylic acids is 2. The third-order valence-corrected chi connectivity index (χ3v) is 2.11. The van der Waals surface area contributed by atoms with Gasteiger partial charge in [-0.1, -0.05) is 15.9 Å². The lowest BCUT2D eigenvalue weighted by molar-refractivity contribution is 0.565. The normalized spacial score (nSPS) is 8.71. The molecule has 1 aromatic rings. The number of isocyanates is 2. The van der Waals surface area contributed by atoms with Crippen molar-refractivity contribution < 1.29 is 9.59 Å². The van der Waals surface area contributed by atoms with E-state index in [1.807, 2.05) is 0 Å². The van der Waals surface area contributed by atoms with Crippen molar-refractivity contribution in [2.24, 2.45) is 9.98 Å². The van der Waals surface area contributed by atoms with Crippen LogP contribution in [0, 0.1) is 6.92 Å². The molecule has 0 fully saturated rings. The Balaban J connectivity index is 3.45. The first kappa shape index (κ1) is 10.5. The summed E-state index contributed by atoms with van der Waals surface area (Å²) in [5, 5.41) is 0. The second kappa shape index (κ2) is 4.63. The number of benzene rings is 1. The Morgan fingerprint density at radius 1 is 1.14 bits per heavy atom. The van der Waals surface area contributed by atoms with Gasteiger partial charge < -0.3 is 0 Å². The SMILES string of the molecule is Cc1c(N=C=O)cc(Br)cc1N=C=O. The van der Waals surface area contributed by atoms with Crippen LogP contribution < -0.4 is 0 Å². The smallest absolute Gasteiger partial charge is 0.211 e. The molecule has 0 saturated carbocycles. The van der Waals surface area contributed by atoms with Crippen LogP contribution in [0.4, 0.5) is 11.4 Å². The van der Waals surface area contributed by atoms with Crippen LogP contribution in [0.15, 0.2) is 26.6 Å². The van der Waals surface area contributed by atoms with Crippen LogP contribution in [0.1, 0.15) is 5.56 Å². The van der Waals surface area contributed by atoms with Gasteiger partial charge in [0.2, 0.25) is 12.2 Å². The van der Waals surface area contributed by atoms with Crippen LogP contribution in [0.3, 0.4) is 0 Å². The van der Waals surface area contributed by atoms with E-state index < -0.39 is 0 Å². The molecule has 1 aromatic carbocycles. The first-order valence-electron chi connectivity index (χ1n) is 3.65. The van der Waals surface area contributed by atoms with Crippen molar-refractivity contribution in [3.63, 3.8) is 0 Å². The molecule has 0 bridgehead atoms. The summed E-state index contributed by atoms with van der Waals surface area (Å²) in [7, 11) is 0. The Bertz CT molecular complexity index is 419. The fourth-order valence-corrected chi connectivity index (χ4v) is 1.41. The molecule has 0 radical (unpaired) electrons. The molecular formula is C9H5BrN2O2. The van der Waals surface area contributed by atoms with E-state index in [0.717, 1.165) is 0 Å². The highest BCUT2D eigenvalue weighted by Gasteiger charge is 2.04. The third kappa shape index (κ3) is 2.24. The zero-order chi connectivity index (χ0) is 10.6. The zero-order valence-electron chi connectivity index (χ0n) is 7.24. The fraction of sp³-hybridized carbons (Fsp3) is 0.111. The maximum Gasteiger partial charge on any atom is 0.240 e. The van der Waals surface area contributed by atoms with E-state index in [1.165, 1.54) is 12.2 Å². The van der Waals surface area contributed by atoms with Crippen LogP contribution in [-0.4, -0.2) is 12.2 Å². The lowest BCUT2D eigenvalue weighted by atomic mass is 10.1. The first-order chi connectivity index (χ1) is 6.69. The molecule has 14 heavy (non-hydrogen) atoms. The monoisotopic (exact) mass is 252 g/mol. The Morgan fingerprint density at radius 2 is 1.57 bits per heavy atom. The highest BCUT2D eigenvalue weighted by Crippen LogP contribution is 2.31. The topological polar surface area (TPSA) is 58.9 Å². The molecule has 0 saturated heterocycles. The Hall–Kier alpha value is -1.54. The summed E-state index contributed by atoms with van der Waals surface area (Å²) in [6.07, 6.45) is 2.87. The average molecular weight is 253 g/mol. The second-order valence-electron chi connectivity index (χ2n) is 2.48. The summed E-state index contributed by atoms with van der Waals surface area (Å²) in [5.74, 6) is 0. The van der Waals surface area contributed by atoms with Crippen LogP contribution in [0.25, 0.3) is 0 Å². The van der Waals surface area contributed by atoms with E-state index in [0.29, 0.717) is 21.4 Å². The lowest BCUT2D eigenvalue weighted by Crippen LogP contribution is -1.77. The van der Waals surface area contributed by atoms with Gasteiger partial charge in [-0.05, 0) is 19.1 Å². The van der Waals surface area contributed by atoms with Crippen LogP contribution in [0.2, 0.25) is 0 Å². The van der Waals surface area contributed by atoms with Gasteiger partial charge in [0.05, 0.1) is 11.4 Å². The summed E-state index contributed by atoms with van der Waals surface area (Å²) in [6.45, 7) is 1.71.